The largest absolute Gasteiger partial charge is 0.480 e. The summed E-state index contributed by atoms with van der Waals surface area (Å²) in [5.41, 5.74) is 0. The van der Waals surface area contributed by atoms with Gasteiger partial charge in [-0.3, -0.25) is 9.59 Å². The molecule has 0 bridgehead atoms. The van der Waals surface area contributed by atoms with Crippen molar-refractivity contribution in [1.82, 2.24) is 10.2 Å². The van der Waals surface area contributed by atoms with Gasteiger partial charge in [0.25, 0.3) is 0 Å². The predicted octanol–water partition coefficient (Wildman–Crippen LogP) is 1.39. The fourth-order valence-corrected chi connectivity index (χ4v) is 2.56. The van der Waals surface area contributed by atoms with Crippen molar-refractivity contribution in [2.45, 2.75) is 64.5 Å². The van der Waals surface area contributed by atoms with E-state index in [4.69, 9.17) is 5.11 Å². The zero-order valence-electron chi connectivity index (χ0n) is 13.1. The highest BCUT2D eigenvalue weighted by Gasteiger charge is 2.25. The van der Waals surface area contributed by atoms with Gasteiger partial charge in [-0.15, -0.1) is 0 Å². The van der Waals surface area contributed by atoms with E-state index in [2.05, 4.69) is 5.32 Å². The zero-order valence-corrected chi connectivity index (χ0v) is 13.1. The van der Waals surface area contributed by atoms with Crippen LogP contribution in [0.4, 0.5) is 0 Å². The highest BCUT2D eigenvalue weighted by Crippen LogP contribution is 2.23. The van der Waals surface area contributed by atoms with E-state index >= 15 is 0 Å². The minimum Gasteiger partial charge on any atom is -0.480 e. The van der Waals surface area contributed by atoms with E-state index < -0.39 is 12.0 Å². The Labute approximate surface area is 125 Å². The van der Waals surface area contributed by atoms with Gasteiger partial charge in [-0.2, -0.15) is 0 Å². The molecule has 1 aliphatic carbocycles. The fourth-order valence-electron chi connectivity index (χ4n) is 2.56. The molecule has 0 radical (unpaired) electrons. The first-order valence-electron chi connectivity index (χ1n) is 7.61. The molecule has 1 fully saturated rings. The normalized spacial score (nSPS) is 18.6. The van der Waals surface area contributed by atoms with Crippen LogP contribution in [-0.4, -0.2) is 46.9 Å². The topological polar surface area (TPSA) is 86.7 Å². The zero-order chi connectivity index (χ0) is 16.0. The molecule has 0 aromatic heterocycles. The van der Waals surface area contributed by atoms with Crippen LogP contribution >= 0.6 is 0 Å². The molecule has 2 amide bonds. The summed E-state index contributed by atoms with van der Waals surface area (Å²) < 4.78 is 0. The number of hydrogen-bond acceptors (Lipinski definition) is 3. The van der Waals surface area contributed by atoms with Crippen molar-refractivity contribution in [3.05, 3.63) is 0 Å². The smallest absolute Gasteiger partial charge is 0.326 e. The number of nitrogens with one attached hydrogen (secondary N) is 1. The molecule has 1 rings (SSSR count). The van der Waals surface area contributed by atoms with Gasteiger partial charge in [-0.25, -0.2) is 4.79 Å². The molecular formula is C15H26N2O4. The number of rotatable bonds is 6. The van der Waals surface area contributed by atoms with E-state index in [1.807, 2.05) is 0 Å². The molecule has 2 unspecified atom stereocenters. The van der Waals surface area contributed by atoms with Crippen molar-refractivity contribution in [2.75, 3.05) is 7.05 Å². The first-order valence-corrected chi connectivity index (χ1v) is 7.61. The summed E-state index contributed by atoms with van der Waals surface area (Å²) in [5, 5.41) is 11.8. The van der Waals surface area contributed by atoms with Gasteiger partial charge in [0.15, 0.2) is 0 Å². The SMILES string of the molecule is CC(CC(=O)N(C)C(C)C(=O)O)NC(=O)C1CCCCC1. The van der Waals surface area contributed by atoms with Gasteiger partial charge in [0.1, 0.15) is 6.04 Å². The van der Waals surface area contributed by atoms with E-state index in [-0.39, 0.29) is 30.2 Å². The van der Waals surface area contributed by atoms with Gasteiger partial charge < -0.3 is 15.3 Å². The Morgan fingerprint density at radius 3 is 2.29 bits per heavy atom. The maximum atomic E-state index is 12.1. The molecule has 1 saturated carbocycles. The van der Waals surface area contributed by atoms with Crippen LogP contribution in [0.2, 0.25) is 0 Å². The van der Waals surface area contributed by atoms with Crippen LogP contribution in [0.25, 0.3) is 0 Å². The van der Waals surface area contributed by atoms with E-state index in [0.717, 1.165) is 25.7 Å². The number of amides is 2. The number of carboxylic acids is 1. The van der Waals surface area contributed by atoms with Crippen molar-refractivity contribution >= 4 is 17.8 Å². The minimum absolute atomic E-state index is 0.0175. The molecule has 2 N–H and O–H groups in total. The Balaban J connectivity index is 2.41. The van der Waals surface area contributed by atoms with Crippen LogP contribution in [0.5, 0.6) is 0 Å². The quantitative estimate of drug-likeness (QED) is 0.776. The molecule has 0 aromatic carbocycles. The van der Waals surface area contributed by atoms with Crippen molar-refractivity contribution < 1.29 is 19.5 Å². The van der Waals surface area contributed by atoms with Crippen LogP contribution in [0.15, 0.2) is 0 Å². The Hall–Kier alpha value is -1.59. The summed E-state index contributed by atoms with van der Waals surface area (Å²) in [5.74, 6) is -1.23. The Morgan fingerprint density at radius 2 is 1.76 bits per heavy atom. The number of carbonyl (C=O) groups is 3. The minimum atomic E-state index is -1.04. The van der Waals surface area contributed by atoms with Gasteiger partial charge in [0, 0.05) is 25.4 Å². The summed E-state index contributed by atoms with van der Waals surface area (Å²) in [6, 6.07) is -1.14. The third-order valence-electron chi connectivity index (χ3n) is 4.18. The molecule has 0 spiro atoms. The first-order chi connectivity index (χ1) is 9.82. The average molecular weight is 298 g/mol. The molecule has 120 valence electrons. The number of aliphatic carboxylic acids is 1. The number of carboxylic acid groups (broad SMARTS) is 1. The lowest BCUT2D eigenvalue weighted by Gasteiger charge is -2.25. The van der Waals surface area contributed by atoms with Crippen molar-refractivity contribution in [1.29, 1.82) is 0 Å². The van der Waals surface area contributed by atoms with Gasteiger partial charge in [-0.05, 0) is 26.7 Å². The van der Waals surface area contributed by atoms with Crippen LogP contribution in [0.1, 0.15) is 52.4 Å². The van der Waals surface area contributed by atoms with Crippen molar-refractivity contribution in [3.63, 3.8) is 0 Å². The third kappa shape index (κ3) is 5.36. The number of carbonyl (C=O) groups excluding carboxylic acids is 2. The van der Waals surface area contributed by atoms with E-state index in [1.165, 1.54) is 25.3 Å². The van der Waals surface area contributed by atoms with E-state index in [1.54, 1.807) is 6.92 Å². The standard InChI is InChI=1S/C15H26N2O4/c1-10(9-13(18)17(3)11(2)15(20)21)16-14(19)12-7-5-4-6-8-12/h10-12H,4-9H2,1-3H3,(H,16,19)(H,20,21). The second-order valence-corrected chi connectivity index (χ2v) is 5.97. The summed E-state index contributed by atoms with van der Waals surface area (Å²) in [4.78, 5) is 36.1. The molecule has 0 saturated heterocycles. The Morgan fingerprint density at radius 1 is 1.19 bits per heavy atom. The highest BCUT2D eigenvalue weighted by molar-refractivity contribution is 5.84. The average Bonchev–Trinajstić information content (AvgIpc) is 2.46. The fraction of sp³-hybridized carbons (Fsp3) is 0.800. The van der Waals surface area contributed by atoms with Gasteiger partial charge in [0.2, 0.25) is 11.8 Å². The summed E-state index contributed by atoms with van der Waals surface area (Å²) in [6.07, 6.45) is 5.32. The second-order valence-electron chi connectivity index (χ2n) is 5.97. The molecule has 2 atom stereocenters. The van der Waals surface area contributed by atoms with Gasteiger partial charge in [0.05, 0.1) is 0 Å². The maximum absolute atomic E-state index is 12.1. The number of nitrogens with zero attached hydrogens (tertiary/aromatic N) is 1. The molecule has 6 nitrogen and oxygen atoms in total. The maximum Gasteiger partial charge on any atom is 0.326 e. The summed E-state index contributed by atoms with van der Waals surface area (Å²) in [7, 11) is 1.47. The van der Waals surface area contributed by atoms with Gasteiger partial charge in [-0.1, -0.05) is 19.3 Å². The number of likely N-dealkylation sites (N-methyl/N-ethyl adjacent to an activating group) is 1. The molecule has 0 aromatic rings. The predicted molar refractivity (Wildman–Crippen MR) is 78.7 cm³/mol. The van der Waals surface area contributed by atoms with Crippen molar-refractivity contribution in [3.8, 4) is 0 Å². The first kappa shape index (κ1) is 17.5. The second kappa shape index (κ2) is 8.00. The van der Waals surface area contributed by atoms with Crippen LogP contribution in [0.3, 0.4) is 0 Å². The lowest BCUT2D eigenvalue weighted by atomic mass is 9.88. The molecular weight excluding hydrogens is 272 g/mol. The molecule has 6 heteroatoms. The molecule has 1 aliphatic rings. The highest BCUT2D eigenvalue weighted by atomic mass is 16.4. The van der Waals surface area contributed by atoms with Crippen LogP contribution in [0, 0.1) is 5.92 Å². The van der Waals surface area contributed by atoms with Crippen molar-refractivity contribution in [2.24, 2.45) is 5.92 Å². The lowest BCUT2D eigenvalue weighted by molar-refractivity contribution is -0.148. The Bertz CT molecular complexity index is 391. The van der Waals surface area contributed by atoms with Crippen LogP contribution in [-0.2, 0) is 14.4 Å². The molecule has 21 heavy (non-hydrogen) atoms. The Kier molecular flexibility index (Phi) is 6.65. The van der Waals surface area contributed by atoms with Gasteiger partial charge >= 0.3 is 5.97 Å². The molecule has 0 aliphatic heterocycles. The summed E-state index contributed by atoms with van der Waals surface area (Å²) >= 11 is 0. The van der Waals surface area contributed by atoms with E-state index in [9.17, 15) is 14.4 Å². The third-order valence-corrected chi connectivity index (χ3v) is 4.18. The monoisotopic (exact) mass is 298 g/mol. The lowest BCUT2D eigenvalue weighted by Crippen LogP contribution is -2.44. The summed E-state index contributed by atoms with van der Waals surface area (Å²) in [6.45, 7) is 3.24. The molecule has 0 heterocycles. The number of hydrogen-bond donors (Lipinski definition) is 2. The van der Waals surface area contributed by atoms with E-state index in [0.29, 0.717) is 0 Å². The van der Waals surface area contributed by atoms with Crippen LogP contribution < -0.4 is 5.32 Å².